The molecule has 0 unspecified atom stereocenters. The molecule has 0 spiro atoms. The van der Waals surface area contributed by atoms with Crippen molar-refractivity contribution in [2.75, 3.05) is 0 Å². The van der Waals surface area contributed by atoms with Gasteiger partial charge in [0.2, 0.25) is 0 Å². The quantitative estimate of drug-likeness (QED) is 0.248. The van der Waals surface area contributed by atoms with Gasteiger partial charge in [0.05, 0.1) is 11.4 Å². The molecular weight excluding hydrogens is 464 g/mol. The summed E-state index contributed by atoms with van der Waals surface area (Å²) in [5, 5.41) is 1.04. The van der Waals surface area contributed by atoms with Crippen molar-refractivity contribution in [2.24, 2.45) is 0 Å². The van der Waals surface area contributed by atoms with E-state index in [4.69, 9.17) is 9.40 Å². The van der Waals surface area contributed by atoms with Crippen LogP contribution in [0.15, 0.2) is 132 Å². The topological polar surface area (TPSA) is 38.9 Å². The van der Waals surface area contributed by atoms with Crippen LogP contribution in [0.25, 0.3) is 66.8 Å². The molecule has 0 aliphatic heterocycles. The molecule has 3 heterocycles. The number of fused-ring (bicyclic) bond motifs is 3. The van der Waals surface area contributed by atoms with Gasteiger partial charge in [-0.2, -0.15) is 0 Å². The summed E-state index contributed by atoms with van der Waals surface area (Å²) in [6, 6.07) is 42.2. The summed E-state index contributed by atoms with van der Waals surface area (Å²) in [5.41, 5.74) is 12.4. The Hall–Kier alpha value is -5.02. The maximum Gasteiger partial charge on any atom is 0.154 e. The number of hydrogen-bond acceptors (Lipinski definition) is 3. The monoisotopic (exact) mass is 488 g/mol. The zero-order chi connectivity index (χ0) is 25.5. The highest BCUT2D eigenvalue weighted by Gasteiger charge is 2.12. The average Bonchev–Trinajstić information content (AvgIpc) is 3.34. The lowest BCUT2D eigenvalue weighted by Gasteiger charge is -2.11. The van der Waals surface area contributed by atoms with E-state index in [2.05, 4.69) is 102 Å². The van der Waals surface area contributed by atoms with Crippen LogP contribution in [0.1, 0.15) is 5.56 Å². The number of nitrogens with zero attached hydrogens (tertiary/aromatic N) is 2. The number of hydrogen-bond donors (Lipinski definition) is 0. The Labute approximate surface area is 221 Å². The first-order valence-corrected chi connectivity index (χ1v) is 12.7. The number of benzene rings is 4. The van der Waals surface area contributed by atoms with Crippen molar-refractivity contribution in [3.63, 3.8) is 0 Å². The molecule has 0 N–H and O–H groups in total. The van der Waals surface area contributed by atoms with Crippen LogP contribution in [0.5, 0.6) is 0 Å². The molecule has 3 aromatic heterocycles. The van der Waals surface area contributed by atoms with Gasteiger partial charge in [0.25, 0.3) is 0 Å². The van der Waals surface area contributed by atoms with Gasteiger partial charge in [-0.1, -0.05) is 91.0 Å². The minimum atomic E-state index is 0.827. The van der Waals surface area contributed by atoms with Crippen LogP contribution < -0.4 is 0 Å². The SMILES string of the molecule is Cc1cnc2c(c1)oc1ccc(-c3ccc(-c4cc(-c5ccccc5)nc(-c5ccccc5)c4)cc3)cc12. The third-order valence-corrected chi connectivity index (χ3v) is 6.96. The summed E-state index contributed by atoms with van der Waals surface area (Å²) < 4.78 is 6.03. The predicted octanol–water partition coefficient (Wildman–Crippen LogP) is 9.35. The number of pyridine rings is 2. The van der Waals surface area contributed by atoms with Crippen LogP contribution in [0.2, 0.25) is 0 Å². The van der Waals surface area contributed by atoms with Crippen LogP contribution >= 0.6 is 0 Å². The Morgan fingerprint density at radius 3 is 1.71 bits per heavy atom. The lowest BCUT2D eigenvalue weighted by atomic mass is 9.97. The summed E-state index contributed by atoms with van der Waals surface area (Å²) in [4.78, 5) is 9.63. The molecule has 38 heavy (non-hydrogen) atoms. The normalized spacial score (nSPS) is 11.3. The van der Waals surface area contributed by atoms with Crippen molar-refractivity contribution in [1.82, 2.24) is 9.97 Å². The Bertz CT molecular complexity index is 1850. The molecule has 0 fully saturated rings. The zero-order valence-electron chi connectivity index (χ0n) is 20.9. The molecule has 0 aliphatic rings. The summed E-state index contributed by atoms with van der Waals surface area (Å²) in [6.07, 6.45) is 1.89. The van der Waals surface area contributed by atoms with E-state index in [0.717, 1.165) is 72.4 Å². The highest BCUT2D eigenvalue weighted by atomic mass is 16.3. The van der Waals surface area contributed by atoms with Crippen molar-refractivity contribution in [3.8, 4) is 44.8 Å². The molecular formula is C35H24N2O. The van der Waals surface area contributed by atoms with E-state index in [0.29, 0.717) is 0 Å². The molecule has 4 aromatic carbocycles. The summed E-state index contributed by atoms with van der Waals surface area (Å²) >= 11 is 0. The molecule has 0 aliphatic carbocycles. The van der Waals surface area contributed by atoms with Crippen molar-refractivity contribution >= 4 is 22.1 Å². The first-order chi connectivity index (χ1) is 18.7. The van der Waals surface area contributed by atoms with Crippen molar-refractivity contribution in [1.29, 1.82) is 0 Å². The second-order valence-corrected chi connectivity index (χ2v) is 9.61. The van der Waals surface area contributed by atoms with Crippen LogP contribution in [0.4, 0.5) is 0 Å². The van der Waals surface area contributed by atoms with E-state index in [1.165, 1.54) is 0 Å². The van der Waals surface area contributed by atoms with Gasteiger partial charge >= 0.3 is 0 Å². The molecule has 0 radical (unpaired) electrons. The standard InChI is InChI=1S/C35H24N2O/c1-23-18-34-35(36-22-23)30-19-28(16-17-33(30)38-34)24-12-14-25(15-13-24)29-20-31(26-8-4-2-5-9-26)37-32(21-29)27-10-6-3-7-11-27/h2-22H,1H3. The van der Waals surface area contributed by atoms with Crippen molar-refractivity contribution < 1.29 is 4.42 Å². The molecule has 3 nitrogen and oxygen atoms in total. The first-order valence-electron chi connectivity index (χ1n) is 12.7. The third-order valence-electron chi connectivity index (χ3n) is 6.96. The van der Waals surface area contributed by atoms with Gasteiger partial charge in [0, 0.05) is 22.7 Å². The molecule has 0 saturated carbocycles. The van der Waals surface area contributed by atoms with E-state index < -0.39 is 0 Å². The fraction of sp³-hybridized carbons (Fsp3) is 0.0286. The first kappa shape index (κ1) is 22.2. The minimum Gasteiger partial charge on any atom is -0.454 e. The highest BCUT2D eigenvalue weighted by molar-refractivity contribution is 6.04. The molecule has 0 amide bonds. The van der Waals surface area contributed by atoms with E-state index in [9.17, 15) is 0 Å². The number of furan rings is 1. The molecule has 7 rings (SSSR count). The molecule has 0 saturated heterocycles. The molecule has 0 atom stereocenters. The predicted molar refractivity (Wildman–Crippen MR) is 156 cm³/mol. The maximum absolute atomic E-state index is 6.03. The van der Waals surface area contributed by atoms with Gasteiger partial charge < -0.3 is 4.42 Å². The second-order valence-electron chi connectivity index (χ2n) is 9.61. The van der Waals surface area contributed by atoms with Crippen LogP contribution in [-0.4, -0.2) is 9.97 Å². The number of aryl methyl sites for hydroxylation is 1. The smallest absolute Gasteiger partial charge is 0.154 e. The highest BCUT2D eigenvalue weighted by Crippen LogP contribution is 2.34. The lowest BCUT2D eigenvalue weighted by Crippen LogP contribution is -1.91. The fourth-order valence-corrected chi connectivity index (χ4v) is 4.99. The summed E-state index contributed by atoms with van der Waals surface area (Å²) in [6.45, 7) is 2.03. The second kappa shape index (κ2) is 9.13. The Balaban J connectivity index is 1.29. The largest absolute Gasteiger partial charge is 0.454 e. The van der Waals surface area contributed by atoms with Gasteiger partial charge in [0.1, 0.15) is 11.1 Å². The van der Waals surface area contributed by atoms with Crippen LogP contribution in [0.3, 0.4) is 0 Å². The van der Waals surface area contributed by atoms with Crippen molar-refractivity contribution in [2.45, 2.75) is 6.92 Å². The van der Waals surface area contributed by atoms with Crippen molar-refractivity contribution in [3.05, 3.63) is 133 Å². The molecule has 3 heteroatoms. The minimum absolute atomic E-state index is 0.827. The van der Waals surface area contributed by atoms with Crippen LogP contribution in [0, 0.1) is 6.92 Å². The number of aromatic nitrogens is 2. The zero-order valence-corrected chi connectivity index (χ0v) is 20.9. The van der Waals surface area contributed by atoms with E-state index in [-0.39, 0.29) is 0 Å². The number of rotatable bonds is 4. The van der Waals surface area contributed by atoms with E-state index >= 15 is 0 Å². The third kappa shape index (κ3) is 4.04. The van der Waals surface area contributed by atoms with Gasteiger partial charge in [0.15, 0.2) is 5.58 Å². The summed E-state index contributed by atoms with van der Waals surface area (Å²) in [7, 11) is 0. The Morgan fingerprint density at radius 2 is 1.08 bits per heavy atom. The van der Waals surface area contributed by atoms with Gasteiger partial charge in [-0.25, -0.2) is 4.98 Å². The van der Waals surface area contributed by atoms with E-state index in [1.54, 1.807) is 0 Å². The lowest BCUT2D eigenvalue weighted by molar-refractivity contribution is 0.667. The Morgan fingerprint density at radius 1 is 0.500 bits per heavy atom. The fourth-order valence-electron chi connectivity index (χ4n) is 4.99. The Kier molecular flexibility index (Phi) is 5.33. The average molecular weight is 489 g/mol. The molecule has 0 bridgehead atoms. The van der Waals surface area contributed by atoms with Gasteiger partial charge in [-0.05, 0) is 65.1 Å². The van der Waals surface area contributed by atoms with E-state index in [1.807, 2.05) is 37.4 Å². The van der Waals surface area contributed by atoms with Gasteiger partial charge in [-0.3, -0.25) is 4.98 Å². The molecule has 7 aromatic rings. The summed E-state index contributed by atoms with van der Waals surface area (Å²) in [5.74, 6) is 0. The molecule has 180 valence electrons. The van der Waals surface area contributed by atoms with Gasteiger partial charge in [-0.15, -0.1) is 0 Å². The maximum atomic E-state index is 6.03. The van der Waals surface area contributed by atoms with Crippen LogP contribution in [-0.2, 0) is 0 Å².